The van der Waals surface area contributed by atoms with Crippen LogP contribution in [0.15, 0.2) is 53.7 Å². The normalized spacial score (nSPS) is 12.3. The quantitative estimate of drug-likeness (QED) is 0.274. The molecule has 8 heteroatoms. The molecule has 30 heavy (non-hydrogen) atoms. The first-order valence-electron chi connectivity index (χ1n) is 9.66. The summed E-state index contributed by atoms with van der Waals surface area (Å²) in [5, 5.41) is 9.39. The van der Waals surface area contributed by atoms with E-state index in [1.54, 1.807) is 12.1 Å². The van der Waals surface area contributed by atoms with Crippen LogP contribution in [0.5, 0.6) is 0 Å². The summed E-state index contributed by atoms with van der Waals surface area (Å²) in [6.45, 7) is 2.03. The standard InChI is InChI=1S/C22H24F2N4OS/c1-15(27(2)3)21-25-26-22(28(21)19-12-10-18(24)11-13-19)30-14-4-5-20(29)16-6-8-17(23)9-7-16/h6-13,15H,4-5,14H2,1-3H3/t15-/m1/s1. The number of aromatic nitrogens is 3. The molecule has 0 amide bonds. The summed E-state index contributed by atoms with van der Waals surface area (Å²) in [6, 6.07) is 11.8. The molecule has 2 aromatic carbocycles. The summed E-state index contributed by atoms with van der Waals surface area (Å²) in [5.41, 5.74) is 1.30. The summed E-state index contributed by atoms with van der Waals surface area (Å²) in [5.74, 6) is 0.754. The van der Waals surface area contributed by atoms with Crippen molar-refractivity contribution in [2.75, 3.05) is 19.8 Å². The van der Waals surface area contributed by atoms with Crippen LogP contribution in [0.1, 0.15) is 42.0 Å². The molecular formula is C22H24F2N4OS. The number of nitrogens with zero attached hydrogens (tertiary/aromatic N) is 4. The van der Waals surface area contributed by atoms with E-state index in [4.69, 9.17) is 0 Å². The second-order valence-electron chi connectivity index (χ2n) is 7.17. The van der Waals surface area contributed by atoms with Crippen LogP contribution in [-0.2, 0) is 0 Å². The average molecular weight is 431 g/mol. The zero-order valence-electron chi connectivity index (χ0n) is 17.2. The number of hydrogen-bond acceptors (Lipinski definition) is 5. The zero-order chi connectivity index (χ0) is 21.7. The Bertz CT molecular complexity index is 987. The summed E-state index contributed by atoms with van der Waals surface area (Å²) >= 11 is 1.50. The summed E-state index contributed by atoms with van der Waals surface area (Å²) in [4.78, 5) is 14.3. The lowest BCUT2D eigenvalue weighted by Crippen LogP contribution is -2.20. The maximum absolute atomic E-state index is 13.4. The number of hydrogen-bond donors (Lipinski definition) is 0. The molecule has 5 nitrogen and oxygen atoms in total. The third-order valence-corrected chi connectivity index (χ3v) is 5.85. The number of carbonyl (C=O) groups excluding carboxylic acids is 1. The molecule has 158 valence electrons. The molecule has 0 unspecified atom stereocenters. The molecular weight excluding hydrogens is 406 g/mol. The Hall–Kier alpha value is -2.58. The van der Waals surface area contributed by atoms with Crippen LogP contribution in [0.4, 0.5) is 8.78 Å². The first kappa shape index (κ1) is 22.1. The van der Waals surface area contributed by atoms with E-state index in [0.717, 1.165) is 11.5 Å². The van der Waals surface area contributed by atoms with E-state index >= 15 is 0 Å². The minimum atomic E-state index is -0.356. The van der Waals surface area contributed by atoms with Gasteiger partial charge in [-0.05, 0) is 76.0 Å². The Morgan fingerprint density at radius 2 is 1.63 bits per heavy atom. The SMILES string of the molecule is C[C@H](c1nnc(SCCCC(=O)c2ccc(F)cc2)n1-c1ccc(F)cc1)N(C)C. The first-order valence-corrected chi connectivity index (χ1v) is 10.6. The third-order valence-electron chi connectivity index (χ3n) is 4.84. The number of ketones is 1. The summed E-state index contributed by atoms with van der Waals surface area (Å²) in [7, 11) is 3.92. The number of thioether (sulfide) groups is 1. The molecule has 0 aliphatic rings. The monoisotopic (exact) mass is 430 g/mol. The van der Waals surface area contributed by atoms with Crippen LogP contribution in [0, 0.1) is 11.6 Å². The minimum Gasteiger partial charge on any atom is -0.300 e. The van der Waals surface area contributed by atoms with Crippen molar-refractivity contribution < 1.29 is 13.6 Å². The van der Waals surface area contributed by atoms with Crippen LogP contribution >= 0.6 is 11.8 Å². The molecule has 0 radical (unpaired) electrons. The molecule has 1 atom stereocenters. The molecule has 3 aromatic rings. The fourth-order valence-electron chi connectivity index (χ4n) is 2.89. The van der Waals surface area contributed by atoms with Crippen LogP contribution in [-0.4, -0.2) is 45.3 Å². The molecule has 0 N–H and O–H groups in total. The molecule has 0 saturated heterocycles. The highest BCUT2D eigenvalue weighted by atomic mass is 32.2. The van der Waals surface area contributed by atoms with Gasteiger partial charge in [0.2, 0.25) is 0 Å². The van der Waals surface area contributed by atoms with Gasteiger partial charge in [0.1, 0.15) is 11.6 Å². The summed E-state index contributed by atoms with van der Waals surface area (Å²) < 4.78 is 28.3. The van der Waals surface area contributed by atoms with Gasteiger partial charge in [0, 0.05) is 23.4 Å². The highest BCUT2D eigenvalue weighted by Crippen LogP contribution is 2.27. The topological polar surface area (TPSA) is 51.0 Å². The molecule has 1 aromatic heterocycles. The van der Waals surface area contributed by atoms with E-state index in [1.807, 2.05) is 30.5 Å². The molecule has 3 rings (SSSR count). The van der Waals surface area contributed by atoms with Crippen molar-refractivity contribution >= 4 is 17.5 Å². The van der Waals surface area contributed by atoms with Crippen molar-refractivity contribution in [3.8, 4) is 5.69 Å². The fourth-order valence-corrected chi connectivity index (χ4v) is 3.78. The van der Waals surface area contributed by atoms with Gasteiger partial charge in [-0.1, -0.05) is 11.8 Å². The smallest absolute Gasteiger partial charge is 0.195 e. The zero-order valence-corrected chi connectivity index (χ0v) is 18.0. The molecule has 0 aliphatic carbocycles. The fraction of sp³-hybridized carbons (Fsp3) is 0.318. The highest BCUT2D eigenvalue weighted by Gasteiger charge is 2.21. The number of rotatable bonds is 9. The molecule has 0 saturated carbocycles. The lowest BCUT2D eigenvalue weighted by Gasteiger charge is -2.20. The van der Waals surface area contributed by atoms with Gasteiger partial charge >= 0.3 is 0 Å². The van der Waals surface area contributed by atoms with Gasteiger partial charge in [0.15, 0.2) is 16.8 Å². The number of carbonyl (C=O) groups is 1. The van der Waals surface area contributed by atoms with Gasteiger partial charge < -0.3 is 0 Å². The predicted molar refractivity (Wildman–Crippen MR) is 114 cm³/mol. The Labute approximate surface area is 179 Å². The largest absolute Gasteiger partial charge is 0.300 e. The number of Topliss-reactive ketones (excluding diaryl/α,β-unsaturated/α-hetero) is 1. The van der Waals surface area contributed by atoms with Gasteiger partial charge in [0.25, 0.3) is 0 Å². The maximum Gasteiger partial charge on any atom is 0.195 e. The molecule has 0 bridgehead atoms. The van der Waals surface area contributed by atoms with E-state index in [1.165, 1.54) is 48.2 Å². The van der Waals surface area contributed by atoms with E-state index in [0.29, 0.717) is 29.3 Å². The Morgan fingerprint density at radius 1 is 1.03 bits per heavy atom. The van der Waals surface area contributed by atoms with Gasteiger partial charge in [-0.25, -0.2) is 8.78 Å². The van der Waals surface area contributed by atoms with Crippen LogP contribution < -0.4 is 0 Å². The van der Waals surface area contributed by atoms with Crippen molar-refractivity contribution in [3.05, 3.63) is 71.6 Å². The maximum atomic E-state index is 13.4. The van der Waals surface area contributed by atoms with Crippen LogP contribution in [0.25, 0.3) is 5.69 Å². The molecule has 0 spiro atoms. The second-order valence-corrected chi connectivity index (χ2v) is 8.24. The van der Waals surface area contributed by atoms with E-state index in [2.05, 4.69) is 10.2 Å². The van der Waals surface area contributed by atoms with Crippen LogP contribution in [0.3, 0.4) is 0 Å². The van der Waals surface area contributed by atoms with Crippen molar-refractivity contribution in [2.45, 2.75) is 31.0 Å². The molecule has 0 aliphatic heterocycles. The van der Waals surface area contributed by atoms with Gasteiger partial charge in [0.05, 0.1) is 6.04 Å². The van der Waals surface area contributed by atoms with Crippen LogP contribution in [0.2, 0.25) is 0 Å². The van der Waals surface area contributed by atoms with E-state index in [9.17, 15) is 13.6 Å². The predicted octanol–water partition coefficient (Wildman–Crippen LogP) is 4.92. The second kappa shape index (κ2) is 9.95. The van der Waals surface area contributed by atoms with Gasteiger partial charge in [-0.15, -0.1) is 10.2 Å². The van der Waals surface area contributed by atoms with Gasteiger partial charge in [-0.3, -0.25) is 14.3 Å². The van der Waals surface area contributed by atoms with E-state index < -0.39 is 0 Å². The third kappa shape index (κ3) is 5.31. The van der Waals surface area contributed by atoms with Crippen molar-refractivity contribution in [3.63, 3.8) is 0 Å². The molecule has 0 fully saturated rings. The van der Waals surface area contributed by atoms with Crippen molar-refractivity contribution in [1.29, 1.82) is 0 Å². The average Bonchev–Trinajstić information content (AvgIpc) is 3.15. The van der Waals surface area contributed by atoms with Crippen molar-refractivity contribution in [2.24, 2.45) is 0 Å². The number of benzene rings is 2. The highest BCUT2D eigenvalue weighted by molar-refractivity contribution is 7.99. The summed E-state index contributed by atoms with van der Waals surface area (Å²) in [6.07, 6.45) is 1.01. The lowest BCUT2D eigenvalue weighted by atomic mass is 10.1. The first-order chi connectivity index (χ1) is 14.4. The van der Waals surface area contributed by atoms with Gasteiger partial charge in [-0.2, -0.15) is 0 Å². The van der Waals surface area contributed by atoms with E-state index in [-0.39, 0.29) is 23.5 Å². The Morgan fingerprint density at radius 3 is 2.23 bits per heavy atom. The number of halogens is 2. The lowest BCUT2D eigenvalue weighted by molar-refractivity contribution is 0.0982. The van der Waals surface area contributed by atoms with Crippen molar-refractivity contribution in [1.82, 2.24) is 19.7 Å². The Kier molecular flexibility index (Phi) is 7.33. The molecule has 1 heterocycles. The minimum absolute atomic E-state index is 0.0111. The Balaban J connectivity index is 1.70.